The molecule has 0 aliphatic carbocycles. The van der Waals surface area contributed by atoms with E-state index in [1.165, 1.54) is 22.3 Å². The predicted octanol–water partition coefficient (Wildman–Crippen LogP) is 8.70. The molecular formula is C37H44O3. The lowest BCUT2D eigenvalue weighted by Gasteiger charge is -2.28. The van der Waals surface area contributed by atoms with Crippen LogP contribution in [0.25, 0.3) is 0 Å². The van der Waals surface area contributed by atoms with Gasteiger partial charge in [-0.3, -0.25) is 0 Å². The molecule has 0 aliphatic heterocycles. The van der Waals surface area contributed by atoms with Gasteiger partial charge in [-0.1, -0.05) is 124 Å². The zero-order valence-electron chi connectivity index (χ0n) is 24.8. The van der Waals surface area contributed by atoms with E-state index < -0.39 is 6.10 Å². The fourth-order valence-electron chi connectivity index (χ4n) is 5.11. The quantitative estimate of drug-likeness (QED) is 0.208. The van der Waals surface area contributed by atoms with E-state index in [2.05, 4.69) is 124 Å². The van der Waals surface area contributed by atoms with E-state index in [0.29, 0.717) is 0 Å². The van der Waals surface area contributed by atoms with Crippen molar-refractivity contribution < 1.29 is 14.6 Å². The second kappa shape index (κ2) is 13.3. The minimum Gasteiger partial charge on any atom is -0.490 e. The fraction of sp³-hybridized carbons (Fsp3) is 0.351. The summed E-state index contributed by atoms with van der Waals surface area (Å²) in [6.45, 7) is 13.1. The first-order valence-corrected chi connectivity index (χ1v) is 14.4. The highest BCUT2D eigenvalue weighted by atomic mass is 16.5. The van der Waals surface area contributed by atoms with Crippen molar-refractivity contribution in [2.45, 2.75) is 71.0 Å². The molecular weight excluding hydrogens is 492 g/mol. The summed E-state index contributed by atoms with van der Waals surface area (Å²) in [6, 6.07) is 36.4. The Bertz CT molecular complexity index is 1260. The summed E-state index contributed by atoms with van der Waals surface area (Å²) in [4.78, 5) is 0. The zero-order chi connectivity index (χ0) is 28.7. The lowest BCUT2D eigenvalue weighted by Crippen LogP contribution is -2.30. The van der Waals surface area contributed by atoms with Gasteiger partial charge >= 0.3 is 0 Å². The molecule has 0 saturated carbocycles. The first-order valence-electron chi connectivity index (χ1n) is 14.4. The van der Waals surface area contributed by atoms with Gasteiger partial charge in [-0.05, 0) is 43.0 Å². The molecule has 0 amide bonds. The third-order valence-electron chi connectivity index (χ3n) is 7.63. The molecule has 1 N–H and O–H groups in total. The molecule has 4 rings (SSSR count). The molecule has 0 aromatic heterocycles. The number of ether oxygens (including phenoxy) is 2. The molecule has 4 aromatic rings. The average Bonchev–Trinajstić information content (AvgIpc) is 2.98. The molecule has 4 unspecified atom stereocenters. The Morgan fingerprint density at radius 3 is 1.38 bits per heavy atom. The van der Waals surface area contributed by atoms with E-state index in [-0.39, 0.29) is 36.6 Å². The van der Waals surface area contributed by atoms with Crippen LogP contribution in [0, 0.1) is 0 Å². The van der Waals surface area contributed by atoms with Crippen LogP contribution in [0.4, 0.5) is 0 Å². The highest BCUT2D eigenvalue weighted by Gasteiger charge is 2.25. The number of benzene rings is 4. The van der Waals surface area contributed by atoms with Crippen molar-refractivity contribution in [1.82, 2.24) is 0 Å². The van der Waals surface area contributed by atoms with E-state index in [0.717, 1.165) is 16.9 Å². The lowest BCUT2D eigenvalue weighted by molar-refractivity contribution is -0.0587. The van der Waals surface area contributed by atoms with E-state index in [1.807, 2.05) is 20.8 Å². The van der Waals surface area contributed by atoms with Gasteiger partial charge in [0.2, 0.25) is 0 Å². The van der Waals surface area contributed by atoms with Crippen LogP contribution >= 0.6 is 0 Å². The van der Waals surface area contributed by atoms with Gasteiger partial charge in [-0.2, -0.15) is 0 Å². The molecule has 3 nitrogen and oxygen atoms in total. The molecule has 0 radical (unpaired) electrons. The Hall–Kier alpha value is -3.40. The highest BCUT2D eigenvalue weighted by Crippen LogP contribution is 2.42. The largest absolute Gasteiger partial charge is 0.490 e. The average molecular weight is 537 g/mol. The van der Waals surface area contributed by atoms with Crippen molar-refractivity contribution in [3.05, 3.63) is 137 Å². The fourth-order valence-corrected chi connectivity index (χ4v) is 5.11. The molecule has 0 saturated heterocycles. The molecule has 3 heteroatoms. The topological polar surface area (TPSA) is 38.7 Å². The van der Waals surface area contributed by atoms with Gasteiger partial charge in [0, 0.05) is 28.9 Å². The molecule has 4 aromatic carbocycles. The van der Waals surface area contributed by atoms with Crippen molar-refractivity contribution in [2.75, 3.05) is 13.2 Å². The molecule has 210 valence electrons. The zero-order valence-corrected chi connectivity index (χ0v) is 24.8. The minimum absolute atomic E-state index is 0.101. The van der Waals surface area contributed by atoms with Crippen LogP contribution in [-0.4, -0.2) is 30.0 Å². The minimum atomic E-state index is -0.734. The van der Waals surface area contributed by atoms with Gasteiger partial charge in [0.05, 0.1) is 12.2 Å². The maximum Gasteiger partial charge on any atom is 0.127 e. The van der Waals surface area contributed by atoms with Gasteiger partial charge in [-0.15, -0.1) is 0 Å². The lowest BCUT2D eigenvalue weighted by atomic mass is 9.81. The first-order chi connectivity index (χ1) is 19.1. The van der Waals surface area contributed by atoms with Crippen LogP contribution in [0.2, 0.25) is 0 Å². The van der Waals surface area contributed by atoms with E-state index >= 15 is 0 Å². The number of aliphatic hydroxyl groups is 1. The van der Waals surface area contributed by atoms with Crippen LogP contribution in [-0.2, 0) is 4.74 Å². The van der Waals surface area contributed by atoms with Crippen molar-refractivity contribution in [2.24, 2.45) is 0 Å². The van der Waals surface area contributed by atoms with Gasteiger partial charge in [-0.25, -0.2) is 0 Å². The summed E-state index contributed by atoms with van der Waals surface area (Å²) in [7, 11) is 0. The molecule has 0 spiro atoms. The summed E-state index contributed by atoms with van der Waals surface area (Å²) >= 11 is 0. The summed E-state index contributed by atoms with van der Waals surface area (Å²) in [5, 5.41) is 10.8. The van der Waals surface area contributed by atoms with Crippen LogP contribution < -0.4 is 4.74 Å². The van der Waals surface area contributed by atoms with Gasteiger partial charge < -0.3 is 14.6 Å². The third-order valence-corrected chi connectivity index (χ3v) is 7.63. The molecule has 0 fully saturated rings. The van der Waals surface area contributed by atoms with Crippen LogP contribution in [0.5, 0.6) is 5.75 Å². The predicted molar refractivity (Wildman–Crippen MR) is 166 cm³/mol. The Balaban J connectivity index is 1.83. The third kappa shape index (κ3) is 7.62. The summed E-state index contributed by atoms with van der Waals surface area (Å²) in [5.74, 6) is 1.27. The normalized spacial score (nSPS) is 14.8. The monoisotopic (exact) mass is 536 g/mol. The summed E-state index contributed by atoms with van der Waals surface area (Å²) < 4.78 is 12.4. The van der Waals surface area contributed by atoms with E-state index in [4.69, 9.17) is 9.47 Å². The summed E-state index contributed by atoms with van der Waals surface area (Å²) in [6.07, 6.45) is -0.734. The first kappa shape index (κ1) is 29.6. The number of hydrogen-bond donors (Lipinski definition) is 1. The highest BCUT2D eigenvalue weighted by molar-refractivity contribution is 5.54. The van der Waals surface area contributed by atoms with Crippen molar-refractivity contribution in [3.8, 4) is 5.75 Å². The van der Waals surface area contributed by atoms with Gasteiger partial charge in [0.25, 0.3) is 0 Å². The maximum absolute atomic E-state index is 10.8. The van der Waals surface area contributed by atoms with Crippen molar-refractivity contribution in [1.29, 1.82) is 0 Å². The maximum atomic E-state index is 10.8. The molecule has 0 heterocycles. The van der Waals surface area contributed by atoms with Crippen molar-refractivity contribution in [3.63, 3.8) is 0 Å². The van der Waals surface area contributed by atoms with E-state index in [9.17, 15) is 5.11 Å². The molecule has 40 heavy (non-hydrogen) atoms. The van der Waals surface area contributed by atoms with Crippen LogP contribution in [0.1, 0.15) is 92.7 Å². The molecule has 0 bridgehead atoms. The Morgan fingerprint density at radius 2 is 0.975 bits per heavy atom. The Kier molecular flexibility index (Phi) is 9.84. The SMILES string of the molecule is CC(c1ccccc1)c1cc(C(C)c2ccccc2)c(OCC(O)COC(C)(C)C)c(C(C)c2ccccc2)c1. The van der Waals surface area contributed by atoms with Gasteiger partial charge in [0.1, 0.15) is 18.5 Å². The molecule has 0 aliphatic rings. The van der Waals surface area contributed by atoms with E-state index in [1.54, 1.807) is 0 Å². The second-order valence-corrected chi connectivity index (χ2v) is 11.8. The number of hydrogen-bond acceptors (Lipinski definition) is 3. The van der Waals surface area contributed by atoms with Crippen LogP contribution in [0.15, 0.2) is 103 Å². The van der Waals surface area contributed by atoms with Crippen LogP contribution in [0.3, 0.4) is 0 Å². The number of rotatable bonds is 11. The standard InChI is InChI=1S/C37H44O3/c1-26(29-16-10-7-11-17-29)32-22-34(27(2)30-18-12-8-13-19-30)36(39-24-33(38)25-40-37(4,5)6)35(23-32)28(3)31-20-14-9-15-21-31/h7-23,26-28,33,38H,24-25H2,1-6H3. The van der Waals surface area contributed by atoms with Crippen molar-refractivity contribution >= 4 is 0 Å². The second-order valence-electron chi connectivity index (χ2n) is 11.8. The Labute approximate surface area is 240 Å². The Morgan fingerprint density at radius 1 is 0.575 bits per heavy atom. The smallest absolute Gasteiger partial charge is 0.127 e. The molecule has 4 atom stereocenters. The number of aliphatic hydroxyl groups excluding tert-OH is 1. The summed E-state index contributed by atoms with van der Waals surface area (Å²) in [5.41, 5.74) is 6.93. The van der Waals surface area contributed by atoms with Gasteiger partial charge in [0.15, 0.2) is 0 Å².